The second-order valence-electron chi connectivity index (χ2n) is 6.36. The first-order chi connectivity index (χ1) is 11.6. The van der Waals surface area contributed by atoms with Crippen molar-refractivity contribution in [3.8, 4) is 11.5 Å². The lowest BCUT2D eigenvalue weighted by Gasteiger charge is -2.31. The maximum absolute atomic E-state index is 12.5. The number of methoxy groups -OCH3 is 2. The molecule has 1 N–H and O–H groups in total. The first kappa shape index (κ1) is 18.6. The number of amides is 1. The van der Waals surface area contributed by atoms with Crippen LogP contribution in [-0.4, -0.2) is 51.2 Å². The van der Waals surface area contributed by atoms with E-state index in [1.165, 1.54) is 10.5 Å². The van der Waals surface area contributed by atoms with Gasteiger partial charge >= 0.3 is 0 Å². The number of quaternary nitrogens is 1. The summed E-state index contributed by atoms with van der Waals surface area (Å²) < 4.78 is 10.9. The number of piperidine rings is 1. The molecule has 1 aromatic carbocycles. The normalized spacial score (nSPS) is 20.5. The molecule has 0 aliphatic carbocycles. The zero-order valence-corrected chi connectivity index (χ0v) is 15.4. The van der Waals surface area contributed by atoms with Crippen molar-refractivity contribution >= 4 is 5.91 Å². The molecule has 1 aromatic rings. The summed E-state index contributed by atoms with van der Waals surface area (Å²) >= 11 is 0. The number of carbonyl (C=O) groups is 1. The molecule has 1 aliphatic rings. The van der Waals surface area contributed by atoms with E-state index in [1.807, 2.05) is 17.0 Å². The summed E-state index contributed by atoms with van der Waals surface area (Å²) in [6, 6.07) is 6.03. The van der Waals surface area contributed by atoms with Crippen LogP contribution in [0.25, 0.3) is 0 Å². The Balaban J connectivity index is 1.95. The molecule has 0 unspecified atom stereocenters. The first-order valence-electron chi connectivity index (χ1n) is 8.96. The van der Waals surface area contributed by atoms with Crippen molar-refractivity contribution in [1.82, 2.24) is 4.90 Å². The van der Waals surface area contributed by atoms with Crippen molar-refractivity contribution in [3.63, 3.8) is 0 Å². The zero-order chi connectivity index (χ0) is 17.5. The van der Waals surface area contributed by atoms with E-state index in [0.717, 1.165) is 57.1 Å². The van der Waals surface area contributed by atoms with Crippen LogP contribution in [0.15, 0.2) is 18.2 Å². The number of carbonyl (C=O) groups excluding carboxylic acids is 1. The SMILES string of the molecule is CCN(CC)C(=O)C1CC[NH+](Cc2cccc(OC)c2OC)CC1. The van der Waals surface area contributed by atoms with Gasteiger partial charge in [0.15, 0.2) is 11.5 Å². The second-order valence-corrected chi connectivity index (χ2v) is 6.36. The van der Waals surface area contributed by atoms with E-state index < -0.39 is 0 Å². The number of ether oxygens (including phenoxy) is 2. The molecule has 1 amide bonds. The van der Waals surface area contributed by atoms with Gasteiger partial charge in [-0.25, -0.2) is 0 Å². The minimum atomic E-state index is 0.195. The molecular weight excluding hydrogens is 304 g/mol. The quantitative estimate of drug-likeness (QED) is 0.818. The van der Waals surface area contributed by atoms with E-state index in [-0.39, 0.29) is 5.92 Å². The van der Waals surface area contributed by atoms with E-state index in [9.17, 15) is 4.79 Å². The van der Waals surface area contributed by atoms with Gasteiger partial charge in [-0.1, -0.05) is 6.07 Å². The Kier molecular flexibility index (Phi) is 6.91. The Morgan fingerprint density at radius 2 is 1.83 bits per heavy atom. The van der Waals surface area contributed by atoms with Crippen molar-refractivity contribution < 1.29 is 19.2 Å². The highest BCUT2D eigenvalue weighted by Crippen LogP contribution is 2.30. The van der Waals surface area contributed by atoms with Gasteiger partial charge in [0, 0.05) is 31.8 Å². The molecule has 24 heavy (non-hydrogen) atoms. The van der Waals surface area contributed by atoms with Gasteiger partial charge in [-0.2, -0.15) is 0 Å². The summed E-state index contributed by atoms with van der Waals surface area (Å²) in [6.07, 6.45) is 1.94. The lowest BCUT2D eigenvalue weighted by molar-refractivity contribution is -0.919. The average Bonchev–Trinajstić information content (AvgIpc) is 2.63. The molecular formula is C19H31N2O3+. The number of nitrogens with one attached hydrogen (secondary N) is 1. The fraction of sp³-hybridized carbons (Fsp3) is 0.632. The van der Waals surface area contributed by atoms with E-state index >= 15 is 0 Å². The Morgan fingerprint density at radius 3 is 2.38 bits per heavy atom. The van der Waals surface area contributed by atoms with Crippen LogP contribution in [0.4, 0.5) is 0 Å². The van der Waals surface area contributed by atoms with Crippen molar-refractivity contribution in [1.29, 1.82) is 0 Å². The summed E-state index contributed by atoms with van der Waals surface area (Å²) in [4.78, 5) is 16.0. The number of para-hydroxylation sites is 1. The van der Waals surface area contributed by atoms with Crippen LogP contribution >= 0.6 is 0 Å². The number of likely N-dealkylation sites (tertiary alicyclic amines) is 1. The highest BCUT2D eigenvalue weighted by atomic mass is 16.5. The Bertz CT molecular complexity index is 535. The molecule has 5 nitrogen and oxygen atoms in total. The van der Waals surface area contributed by atoms with Gasteiger partial charge < -0.3 is 19.3 Å². The average molecular weight is 335 g/mol. The first-order valence-corrected chi connectivity index (χ1v) is 8.96. The minimum Gasteiger partial charge on any atom is -0.493 e. The van der Waals surface area contributed by atoms with Crippen LogP contribution in [0, 0.1) is 5.92 Å². The molecule has 0 aromatic heterocycles. The fourth-order valence-corrected chi connectivity index (χ4v) is 3.61. The minimum absolute atomic E-state index is 0.195. The molecule has 1 aliphatic heterocycles. The third-order valence-corrected chi connectivity index (χ3v) is 5.04. The Morgan fingerprint density at radius 1 is 1.17 bits per heavy atom. The summed E-state index contributed by atoms with van der Waals surface area (Å²) in [5.41, 5.74) is 1.17. The molecule has 1 fully saturated rings. The van der Waals surface area contributed by atoms with Crippen molar-refractivity contribution in [2.45, 2.75) is 33.2 Å². The van der Waals surface area contributed by atoms with Crippen LogP contribution in [0.1, 0.15) is 32.3 Å². The van der Waals surface area contributed by atoms with Crippen LogP contribution in [0.3, 0.4) is 0 Å². The van der Waals surface area contributed by atoms with Crippen LogP contribution in [-0.2, 0) is 11.3 Å². The van der Waals surface area contributed by atoms with Crippen LogP contribution in [0.2, 0.25) is 0 Å². The topological polar surface area (TPSA) is 43.2 Å². The maximum atomic E-state index is 12.5. The van der Waals surface area contributed by atoms with Gasteiger partial charge in [-0.05, 0) is 26.0 Å². The highest BCUT2D eigenvalue weighted by Gasteiger charge is 2.30. The highest BCUT2D eigenvalue weighted by molar-refractivity contribution is 5.78. The standard InChI is InChI=1S/C19H30N2O3/c1-5-21(6-2)19(22)15-10-12-20(13-11-15)14-16-8-7-9-17(23-3)18(16)24-4/h7-9,15H,5-6,10-14H2,1-4H3/p+1. The Labute approximate surface area is 145 Å². The summed E-state index contributed by atoms with van der Waals surface area (Å²) in [6.45, 7) is 8.68. The predicted molar refractivity (Wildman–Crippen MR) is 94.6 cm³/mol. The van der Waals surface area contributed by atoms with E-state index in [2.05, 4.69) is 19.9 Å². The molecule has 0 atom stereocenters. The molecule has 2 rings (SSSR count). The van der Waals surface area contributed by atoms with Gasteiger partial charge in [0.1, 0.15) is 6.54 Å². The van der Waals surface area contributed by atoms with Gasteiger partial charge in [0.2, 0.25) is 5.91 Å². The largest absolute Gasteiger partial charge is 0.493 e. The van der Waals surface area contributed by atoms with Crippen LogP contribution < -0.4 is 14.4 Å². The monoisotopic (exact) mass is 335 g/mol. The van der Waals surface area contributed by atoms with Crippen molar-refractivity contribution in [3.05, 3.63) is 23.8 Å². The van der Waals surface area contributed by atoms with Crippen molar-refractivity contribution in [2.24, 2.45) is 5.92 Å². The summed E-state index contributed by atoms with van der Waals surface area (Å²) in [5, 5.41) is 0. The van der Waals surface area contributed by atoms with Gasteiger partial charge in [-0.15, -0.1) is 0 Å². The molecule has 1 saturated heterocycles. The van der Waals surface area contributed by atoms with E-state index in [1.54, 1.807) is 14.2 Å². The number of hydrogen-bond donors (Lipinski definition) is 1. The molecule has 0 radical (unpaired) electrons. The number of hydrogen-bond acceptors (Lipinski definition) is 3. The fourth-order valence-electron chi connectivity index (χ4n) is 3.61. The summed E-state index contributed by atoms with van der Waals surface area (Å²) in [5.74, 6) is 2.13. The van der Waals surface area contributed by atoms with Crippen molar-refractivity contribution in [2.75, 3.05) is 40.4 Å². The number of benzene rings is 1. The lowest BCUT2D eigenvalue weighted by Crippen LogP contribution is -3.11. The molecule has 5 heteroatoms. The summed E-state index contributed by atoms with van der Waals surface area (Å²) in [7, 11) is 3.35. The smallest absolute Gasteiger partial charge is 0.226 e. The molecule has 134 valence electrons. The molecule has 0 spiro atoms. The molecule has 0 bridgehead atoms. The number of rotatable bonds is 7. The number of nitrogens with zero attached hydrogens (tertiary/aromatic N) is 1. The van der Waals surface area contributed by atoms with Gasteiger partial charge in [0.05, 0.1) is 32.9 Å². The second kappa shape index (κ2) is 8.92. The maximum Gasteiger partial charge on any atom is 0.226 e. The third-order valence-electron chi connectivity index (χ3n) is 5.04. The van der Waals surface area contributed by atoms with Crippen LogP contribution in [0.5, 0.6) is 11.5 Å². The van der Waals surface area contributed by atoms with Gasteiger partial charge in [0.25, 0.3) is 0 Å². The van der Waals surface area contributed by atoms with E-state index in [4.69, 9.17) is 9.47 Å². The molecule has 1 heterocycles. The lowest BCUT2D eigenvalue weighted by atomic mass is 9.95. The molecule has 0 saturated carbocycles. The Hall–Kier alpha value is -1.75. The predicted octanol–water partition coefficient (Wildman–Crippen LogP) is 1.37. The third kappa shape index (κ3) is 4.20. The van der Waals surface area contributed by atoms with E-state index in [0.29, 0.717) is 5.91 Å². The van der Waals surface area contributed by atoms with Gasteiger partial charge in [-0.3, -0.25) is 4.79 Å². The zero-order valence-electron chi connectivity index (χ0n) is 15.4.